The maximum absolute atomic E-state index is 13.2. The van der Waals surface area contributed by atoms with Crippen molar-refractivity contribution >= 4 is 11.9 Å². The maximum atomic E-state index is 13.2. The van der Waals surface area contributed by atoms with Crippen molar-refractivity contribution in [3.63, 3.8) is 0 Å². The fourth-order valence-corrected chi connectivity index (χ4v) is 2.34. The highest BCUT2D eigenvalue weighted by Gasteiger charge is 2.23. The highest BCUT2D eigenvalue weighted by atomic mass is 19.1. The van der Waals surface area contributed by atoms with E-state index in [9.17, 15) is 18.4 Å². The first kappa shape index (κ1) is 17.6. The summed E-state index contributed by atoms with van der Waals surface area (Å²) in [5, 5.41) is 2.46. The molecule has 0 heterocycles. The minimum absolute atomic E-state index is 0.203. The monoisotopic (exact) mass is 333 g/mol. The Hall–Kier alpha value is -2.76. The molecule has 0 bridgehead atoms. The molecule has 4 nitrogen and oxygen atoms in total. The van der Waals surface area contributed by atoms with Crippen LogP contribution in [0.3, 0.4) is 0 Å². The molecule has 0 aliphatic carbocycles. The van der Waals surface area contributed by atoms with Crippen LogP contribution in [-0.4, -0.2) is 25.0 Å². The van der Waals surface area contributed by atoms with Crippen LogP contribution in [0.15, 0.2) is 42.5 Å². The first-order valence-corrected chi connectivity index (χ1v) is 7.29. The third-order valence-corrected chi connectivity index (χ3v) is 3.44. The molecule has 2 aromatic rings. The Morgan fingerprint density at radius 3 is 2.38 bits per heavy atom. The Balaban J connectivity index is 2.19. The van der Waals surface area contributed by atoms with E-state index < -0.39 is 29.6 Å². The molecule has 24 heavy (non-hydrogen) atoms. The molecule has 0 aliphatic heterocycles. The Bertz CT molecular complexity index is 741. The number of carbonyl (C=O) groups is 2. The lowest BCUT2D eigenvalue weighted by Crippen LogP contribution is -2.43. The molecule has 0 aromatic heterocycles. The van der Waals surface area contributed by atoms with Crippen LogP contribution >= 0.6 is 0 Å². The molecule has 0 radical (unpaired) electrons. The average molecular weight is 333 g/mol. The number of nitrogens with one attached hydrogen (secondary N) is 1. The lowest BCUT2D eigenvalue weighted by atomic mass is 10.0. The lowest BCUT2D eigenvalue weighted by Gasteiger charge is -2.17. The quantitative estimate of drug-likeness (QED) is 0.856. The second-order valence-corrected chi connectivity index (χ2v) is 5.40. The van der Waals surface area contributed by atoms with Crippen molar-refractivity contribution in [3.05, 3.63) is 70.8 Å². The van der Waals surface area contributed by atoms with E-state index in [0.29, 0.717) is 6.07 Å². The van der Waals surface area contributed by atoms with Crippen molar-refractivity contribution in [2.75, 3.05) is 7.11 Å². The number of ether oxygens (including phenoxy) is 1. The Labute approximate surface area is 138 Å². The van der Waals surface area contributed by atoms with Gasteiger partial charge in [0, 0.05) is 18.1 Å². The number of benzene rings is 2. The Morgan fingerprint density at radius 1 is 1.12 bits per heavy atom. The minimum Gasteiger partial charge on any atom is -0.467 e. The SMILES string of the molecule is COC(=O)[C@H](Cc1cccc(C)c1)NC(=O)c1cc(F)cc(F)c1. The molecule has 0 spiro atoms. The van der Waals surface area contributed by atoms with E-state index in [-0.39, 0.29) is 12.0 Å². The average Bonchev–Trinajstić information content (AvgIpc) is 2.52. The van der Waals surface area contributed by atoms with Gasteiger partial charge in [-0.15, -0.1) is 0 Å². The van der Waals surface area contributed by atoms with E-state index in [1.165, 1.54) is 7.11 Å². The van der Waals surface area contributed by atoms with Gasteiger partial charge in [-0.1, -0.05) is 29.8 Å². The van der Waals surface area contributed by atoms with Gasteiger partial charge < -0.3 is 10.1 Å². The summed E-state index contributed by atoms with van der Waals surface area (Å²) in [5.41, 5.74) is 1.64. The topological polar surface area (TPSA) is 55.4 Å². The molecule has 126 valence electrons. The molecule has 1 atom stereocenters. The molecule has 0 unspecified atom stereocenters. The lowest BCUT2D eigenvalue weighted by molar-refractivity contribution is -0.142. The molecule has 0 saturated carbocycles. The van der Waals surface area contributed by atoms with Crippen molar-refractivity contribution in [1.29, 1.82) is 0 Å². The van der Waals surface area contributed by atoms with Gasteiger partial charge >= 0.3 is 5.97 Å². The number of halogens is 2. The van der Waals surface area contributed by atoms with E-state index in [2.05, 4.69) is 5.32 Å². The van der Waals surface area contributed by atoms with Gasteiger partial charge in [-0.3, -0.25) is 4.79 Å². The molecule has 1 amide bonds. The second-order valence-electron chi connectivity index (χ2n) is 5.40. The molecule has 0 aliphatic rings. The van der Waals surface area contributed by atoms with Gasteiger partial charge in [0.15, 0.2) is 0 Å². The van der Waals surface area contributed by atoms with Gasteiger partial charge in [0.05, 0.1) is 7.11 Å². The summed E-state index contributed by atoms with van der Waals surface area (Å²) in [6.07, 6.45) is 0.206. The Kier molecular flexibility index (Phi) is 5.63. The fraction of sp³-hybridized carbons (Fsp3) is 0.222. The largest absolute Gasteiger partial charge is 0.467 e. The number of methoxy groups -OCH3 is 1. The van der Waals surface area contributed by atoms with Gasteiger partial charge in [0.2, 0.25) is 0 Å². The summed E-state index contributed by atoms with van der Waals surface area (Å²) in [6.45, 7) is 1.91. The molecule has 6 heteroatoms. The van der Waals surface area contributed by atoms with Crippen LogP contribution < -0.4 is 5.32 Å². The van der Waals surface area contributed by atoms with E-state index >= 15 is 0 Å². The second kappa shape index (κ2) is 7.68. The van der Waals surface area contributed by atoms with Gasteiger partial charge in [-0.25, -0.2) is 13.6 Å². The van der Waals surface area contributed by atoms with Crippen molar-refractivity contribution in [3.8, 4) is 0 Å². The molecular formula is C18H17F2NO3. The number of aryl methyl sites for hydroxylation is 1. The van der Waals surface area contributed by atoms with E-state index in [0.717, 1.165) is 23.3 Å². The zero-order chi connectivity index (χ0) is 17.7. The van der Waals surface area contributed by atoms with Crippen LogP contribution in [0.5, 0.6) is 0 Å². The van der Waals surface area contributed by atoms with Crippen LogP contribution in [0.25, 0.3) is 0 Å². The molecule has 2 aromatic carbocycles. The molecule has 2 rings (SSSR count). The van der Waals surface area contributed by atoms with Crippen molar-refractivity contribution in [2.24, 2.45) is 0 Å². The van der Waals surface area contributed by atoms with Crippen LogP contribution in [-0.2, 0) is 16.0 Å². The predicted molar refractivity (Wildman–Crippen MR) is 84.5 cm³/mol. The zero-order valence-electron chi connectivity index (χ0n) is 13.3. The van der Waals surface area contributed by atoms with Crippen LogP contribution in [0.4, 0.5) is 8.78 Å². The third-order valence-electron chi connectivity index (χ3n) is 3.44. The highest BCUT2D eigenvalue weighted by molar-refractivity contribution is 5.96. The standard InChI is InChI=1S/C18H17F2NO3/c1-11-4-3-5-12(6-11)7-16(18(23)24-2)21-17(22)13-8-14(19)10-15(20)9-13/h3-6,8-10,16H,7H2,1-2H3,(H,21,22)/t16-/m0/s1. The van der Waals surface area contributed by atoms with Gasteiger partial charge in [-0.05, 0) is 24.6 Å². The van der Waals surface area contributed by atoms with Gasteiger partial charge in [0.1, 0.15) is 17.7 Å². The first-order valence-electron chi connectivity index (χ1n) is 7.29. The number of hydrogen-bond donors (Lipinski definition) is 1. The summed E-state index contributed by atoms with van der Waals surface area (Å²) in [6, 6.07) is 8.95. The summed E-state index contributed by atoms with van der Waals surface area (Å²) in [7, 11) is 1.21. The number of amides is 1. The Morgan fingerprint density at radius 2 is 1.79 bits per heavy atom. The van der Waals surface area contributed by atoms with Crippen LogP contribution in [0.1, 0.15) is 21.5 Å². The smallest absolute Gasteiger partial charge is 0.328 e. The molecule has 0 saturated heterocycles. The number of rotatable bonds is 5. The summed E-state index contributed by atoms with van der Waals surface area (Å²) in [5.74, 6) is -3.12. The third kappa shape index (κ3) is 4.62. The molecule has 0 fully saturated rings. The number of carbonyl (C=O) groups excluding carboxylic acids is 2. The summed E-state index contributed by atoms with van der Waals surface area (Å²) >= 11 is 0. The van der Waals surface area contributed by atoms with Crippen molar-refractivity contribution in [2.45, 2.75) is 19.4 Å². The van der Waals surface area contributed by atoms with E-state index in [4.69, 9.17) is 4.74 Å². The number of esters is 1. The van der Waals surface area contributed by atoms with E-state index in [1.54, 1.807) is 0 Å². The highest BCUT2D eigenvalue weighted by Crippen LogP contribution is 2.11. The number of hydrogen-bond acceptors (Lipinski definition) is 3. The maximum Gasteiger partial charge on any atom is 0.328 e. The van der Waals surface area contributed by atoms with Crippen LogP contribution in [0.2, 0.25) is 0 Å². The zero-order valence-corrected chi connectivity index (χ0v) is 13.3. The minimum atomic E-state index is -0.962. The van der Waals surface area contributed by atoms with E-state index in [1.807, 2.05) is 31.2 Å². The van der Waals surface area contributed by atoms with Gasteiger partial charge in [0.25, 0.3) is 5.91 Å². The first-order chi connectivity index (χ1) is 11.4. The summed E-state index contributed by atoms with van der Waals surface area (Å²) in [4.78, 5) is 24.1. The molecule has 1 N–H and O–H groups in total. The normalized spacial score (nSPS) is 11.7. The van der Waals surface area contributed by atoms with Crippen molar-refractivity contribution < 1.29 is 23.1 Å². The fourth-order valence-electron chi connectivity index (χ4n) is 2.34. The van der Waals surface area contributed by atoms with Crippen molar-refractivity contribution in [1.82, 2.24) is 5.32 Å². The molecular weight excluding hydrogens is 316 g/mol. The van der Waals surface area contributed by atoms with Crippen LogP contribution in [0, 0.1) is 18.6 Å². The van der Waals surface area contributed by atoms with Gasteiger partial charge in [-0.2, -0.15) is 0 Å². The summed E-state index contributed by atoms with van der Waals surface area (Å²) < 4.78 is 31.2. The predicted octanol–water partition coefficient (Wildman–Crippen LogP) is 2.79.